The summed E-state index contributed by atoms with van der Waals surface area (Å²) in [4.78, 5) is 18.3. The van der Waals surface area contributed by atoms with E-state index in [1.54, 1.807) is 19.3 Å². The van der Waals surface area contributed by atoms with Gasteiger partial charge in [0.15, 0.2) is 13.2 Å². The largest absolute Gasteiger partial charge is 0.385 e. The molecule has 0 heterocycles. The fourth-order valence-electron chi connectivity index (χ4n) is 1.24. The molecule has 0 bridgehead atoms. The van der Waals surface area contributed by atoms with Crippen molar-refractivity contribution in [2.24, 2.45) is 0 Å². The van der Waals surface area contributed by atoms with Crippen molar-refractivity contribution in [3.05, 3.63) is 46.1 Å². The number of rotatable bonds is 5. The lowest BCUT2D eigenvalue weighted by atomic mass is 10.0. The van der Waals surface area contributed by atoms with Crippen molar-refractivity contribution in [1.82, 2.24) is 0 Å². The Morgan fingerprint density at radius 1 is 1.48 bits per heavy atom. The highest BCUT2D eigenvalue weighted by Gasteiger charge is 2.41. The van der Waals surface area contributed by atoms with E-state index in [9.17, 15) is 18.0 Å². The van der Waals surface area contributed by atoms with Crippen molar-refractivity contribution in [3.8, 4) is 0 Å². The van der Waals surface area contributed by atoms with E-state index < -0.39 is 23.4 Å². The average molecular weight is 337 g/mol. The highest BCUT2D eigenvalue weighted by Crippen LogP contribution is 2.30. The zero-order valence-electron chi connectivity index (χ0n) is 13.4. The molecule has 0 aromatic rings. The van der Waals surface area contributed by atoms with Crippen LogP contribution in [0, 0.1) is 10.1 Å². The third-order valence-electron chi connectivity index (χ3n) is 2.33. The van der Waals surface area contributed by atoms with E-state index in [0.29, 0.717) is 6.42 Å². The molecule has 0 aromatic heterocycles. The van der Waals surface area contributed by atoms with E-state index in [-0.39, 0.29) is 11.9 Å². The number of ether oxygens (including phenoxy) is 1. The minimum absolute atomic E-state index is 0.0335. The highest BCUT2D eigenvalue weighted by molar-refractivity contribution is 5.51. The monoisotopic (exact) mass is 337 g/mol. The van der Waals surface area contributed by atoms with E-state index in [2.05, 4.69) is 4.74 Å². The van der Waals surface area contributed by atoms with Gasteiger partial charge in [0.25, 0.3) is 5.92 Å². The number of nitrogens with zero attached hydrogens (tertiary/aromatic N) is 1. The standard InChI is InChI=1S/C11H11F3O.C3H8O.CH3NO2/c12-10(11(13,14)7-8-15)9-5-3-1-2-4-6-9;1-3-4-2;1-2(3)4/h1-3,5-6,8,10H,4,7H2;3H2,1-2H3;1H3. The summed E-state index contributed by atoms with van der Waals surface area (Å²) in [5.74, 6) is -3.62. The third kappa shape index (κ3) is 13.4. The van der Waals surface area contributed by atoms with Gasteiger partial charge in [-0.25, -0.2) is 13.2 Å². The molecule has 0 aliphatic heterocycles. The Labute approximate surface area is 133 Å². The zero-order chi connectivity index (χ0) is 18.3. The number of carbonyl (C=O) groups excluding carboxylic acids is 1. The fourth-order valence-corrected chi connectivity index (χ4v) is 1.24. The summed E-state index contributed by atoms with van der Waals surface area (Å²) in [6.07, 6.45) is 4.53. The predicted octanol–water partition coefficient (Wildman–Crippen LogP) is 3.54. The minimum atomic E-state index is -3.62. The molecule has 8 heteroatoms. The maximum absolute atomic E-state index is 13.4. The number of halogens is 3. The van der Waals surface area contributed by atoms with Gasteiger partial charge < -0.3 is 9.53 Å². The fraction of sp³-hybridized carbons (Fsp3) is 0.533. The number of nitro groups is 1. The molecule has 1 aliphatic rings. The SMILES string of the molecule is CCOC.C[N+](=O)[O-].O=CCC(F)(F)C(F)C1=CCC=CC=C1. The van der Waals surface area contributed by atoms with E-state index in [1.807, 2.05) is 6.92 Å². The molecule has 0 N–H and O–H groups in total. The molecule has 1 aliphatic carbocycles. The molecular formula is C15H22F3NO4. The molecule has 0 saturated carbocycles. The number of allylic oxidation sites excluding steroid dienone is 6. The number of hydrogen-bond donors (Lipinski definition) is 0. The van der Waals surface area contributed by atoms with E-state index in [4.69, 9.17) is 10.1 Å². The molecule has 0 radical (unpaired) electrons. The van der Waals surface area contributed by atoms with Crippen molar-refractivity contribution in [2.75, 3.05) is 20.8 Å². The van der Waals surface area contributed by atoms with Gasteiger partial charge in [-0.15, -0.1) is 0 Å². The number of hydrogen-bond acceptors (Lipinski definition) is 4. The van der Waals surface area contributed by atoms with Gasteiger partial charge in [0, 0.05) is 18.6 Å². The molecule has 0 saturated heterocycles. The van der Waals surface area contributed by atoms with Crippen LogP contribution in [0.5, 0.6) is 0 Å². The second kappa shape index (κ2) is 13.7. The van der Waals surface area contributed by atoms with Crippen LogP contribution < -0.4 is 0 Å². The summed E-state index contributed by atoms with van der Waals surface area (Å²) < 4.78 is 44.0. The Hall–Kier alpha value is -1.96. The Balaban J connectivity index is 0. The minimum Gasteiger partial charge on any atom is -0.385 e. The molecule has 5 nitrogen and oxygen atoms in total. The average Bonchev–Trinajstić information content (AvgIpc) is 2.75. The zero-order valence-corrected chi connectivity index (χ0v) is 13.4. The van der Waals surface area contributed by atoms with Gasteiger partial charge >= 0.3 is 0 Å². The first kappa shape index (κ1) is 23.3. The topological polar surface area (TPSA) is 69.4 Å². The molecule has 23 heavy (non-hydrogen) atoms. The number of carbonyl (C=O) groups is 1. The van der Waals surface area contributed by atoms with Crippen LogP contribution in [0.1, 0.15) is 19.8 Å². The van der Waals surface area contributed by atoms with Gasteiger partial charge in [0.1, 0.15) is 6.29 Å². The predicted molar refractivity (Wildman–Crippen MR) is 82.0 cm³/mol. The summed E-state index contributed by atoms with van der Waals surface area (Å²) in [5, 5.41) is 8.81. The van der Waals surface area contributed by atoms with Crippen LogP contribution in [0.15, 0.2) is 36.0 Å². The molecule has 1 atom stereocenters. The third-order valence-corrected chi connectivity index (χ3v) is 2.33. The van der Waals surface area contributed by atoms with Crippen LogP contribution in [-0.2, 0) is 9.53 Å². The normalized spacial score (nSPS) is 14.3. The molecule has 0 amide bonds. The van der Waals surface area contributed by atoms with Crippen LogP contribution in [0.4, 0.5) is 13.2 Å². The lowest BCUT2D eigenvalue weighted by Crippen LogP contribution is -2.31. The quantitative estimate of drug-likeness (QED) is 0.437. The summed E-state index contributed by atoms with van der Waals surface area (Å²) in [5.41, 5.74) is -0.0770. The van der Waals surface area contributed by atoms with E-state index >= 15 is 0 Å². The molecular weight excluding hydrogens is 315 g/mol. The molecule has 1 unspecified atom stereocenters. The summed E-state index contributed by atoms with van der Waals surface area (Å²) in [6.45, 7) is 2.78. The Bertz CT molecular complexity index is 428. The number of methoxy groups -OCH3 is 1. The van der Waals surface area contributed by atoms with Crippen LogP contribution in [-0.4, -0.2) is 44.1 Å². The summed E-state index contributed by atoms with van der Waals surface area (Å²) in [7, 11) is 2.57. The summed E-state index contributed by atoms with van der Waals surface area (Å²) in [6, 6.07) is 0. The molecule has 0 aromatic carbocycles. The van der Waals surface area contributed by atoms with Crippen LogP contribution in [0.3, 0.4) is 0 Å². The van der Waals surface area contributed by atoms with E-state index in [0.717, 1.165) is 13.7 Å². The lowest BCUT2D eigenvalue weighted by molar-refractivity contribution is -0.445. The maximum atomic E-state index is 13.4. The second-order valence-corrected chi connectivity index (χ2v) is 4.24. The van der Waals surface area contributed by atoms with Crippen molar-refractivity contribution in [3.63, 3.8) is 0 Å². The van der Waals surface area contributed by atoms with Gasteiger partial charge in [-0.2, -0.15) is 0 Å². The van der Waals surface area contributed by atoms with Crippen LogP contribution >= 0.6 is 0 Å². The first-order valence-electron chi connectivity index (χ1n) is 6.78. The van der Waals surface area contributed by atoms with Crippen molar-refractivity contribution >= 4 is 6.29 Å². The Morgan fingerprint density at radius 2 is 2.00 bits per heavy atom. The van der Waals surface area contributed by atoms with Crippen LogP contribution in [0.25, 0.3) is 0 Å². The molecule has 132 valence electrons. The highest BCUT2D eigenvalue weighted by atomic mass is 19.3. The number of alkyl halides is 3. The first-order valence-corrected chi connectivity index (χ1v) is 6.78. The molecule has 0 fully saturated rings. The second-order valence-electron chi connectivity index (χ2n) is 4.24. The number of aldehydes is 1. The smallest absolute Gasteiger partial charge is 0.289 e. The Kier molecular flexibility index (Phi) is 13.9. The van der Waals surface area contributed by atoms with Crippen molar-refractivity contribution in [1.29, 1.82) is 0 Å². The van der Waals surface area contributed by atoms with Gasteiger partial charge in [0.05, 0.1) is 6.42 Å². The van der Waals surface area contributed by atoms with Crippen molar-refractivity contribution in [2.45, 2.75) is 31.9 Å². The molecule has 1 rings (SSSR count). The Morgan fingerprint density at radius 3 is 2.43 bits per heavy atom. The van der Waals surface area contributed by atoms with Gasteiger partial charge in [-0.1, -0.05) is 30.4 Å². The molecule has 0 spiro atoms. The van der Waals surface area contributed by atoms with E-state index in [1.165, 1.54) is 18.2 Å². The summed E-state index contributed by atoms with van der Waals surface area (Å²) >= 11 is 0. The lowest BCUT2D eigenvalue weighted by Gasteiger charge is -2.19. The van der Waals surface area contributed by atoms with Gasteiger partial charge in [-0.05, 0) is 18.9 Å². The van der Waals surface area contributed by atoms with Gasteiger partial charge in [0.2, 0.25) is 0 Å². The maximum Gasteiger partial charge on any atom is 0.289 e. The van der Waals surface area contributed by atoms with Gasteiger partial charge in [-0.3, -0.25) is 10.1 Å². The van der Waals surface area contributed by atoms with Crippen LogP contribution in [0.2, 0.25) is 0 Å². The van der Waals surface area contributed by atoms with Crippen molar-refractivity contribution < 1.29 is 27.6 Å². The first-order chi connectivity index (χ1) is 10.7.